The summed E-state index contributed by atoms with van der Waals surface area (Å²) < 4.78 is 0. The number of carbonyl (C=O) groups is 1. The molecule has 0 saturated carbocycles. The van der Waals surface area contributed by atoms with Gasteiger partial charge in [0.15, 0.2) is 0 Å². The smallest absolute Gasteiger partial charge is 0.265 e. The molecule has 0 bridgehead atoms. The molecule has 0 aromatic carbocycles. The Hall–Kier alpha value is -1.39. The second-order valence-corrected chi connectivity index (χ2v) is 6.11. The molecule has 0 unspecified atom stereocenters. The maximum Gasteiger partial charge on any atom is 0.265 e. The molecule has 0 atom stereocenters. The van der Waals surface area contributed by atoms with Crippen LogP contribution in [0.1, 0.15) is 33.0 Å². The van der Waals surface area contributed by atoms with E-state index < -0.39 is 0 Å². The van der Waals surface area contributed by atoms with Gasteiger partial charge in [-0.25, -0.2) is 4.98 Å². The number of anilines is 1. The molecule has 3 nitrogen and oxygen atoms in total. The van der Waals surface area contributed by atoms with Gasteiger partial charge in [0.2, 0.25) is 0 Å². The zero-order valence-corrected chi connectivity index (χ0v) is 11.9. The van der Waals surface area contributed by atoms with E-state index in [0.29, 0.717) is 10.8 Å². The van der Waals surface area contributed by atoms with Crippen LogP contribution in [0.4, 0.5) is 5.69 Å². The summed E-state index contributed by atoms with van der Waals surface area (Å²) in [6, 6.07) is 5.40. The van der Waals surface area contributed by atoms with Gasteiger partial charge < -0.3 is 5.32 Å². The molecule has 0 spiro atoms. The summed E-state index contributed by atoms with van der Waals surface area (Å²) in [7, 11) is 0. The SMILES string of the molecule is O=C(Nc1ccnc(Cl)c1)c1cc2c(s1)CCCC2. The van der Waals surface area contributed by atoms with Crippen LogP contribution in [0, 0.1) is 0 Å². The van der Waals surface area contributed by atoms with Gasteiger partial charge in [-0.15, -0.1) is 11.3 Å². The number of thiophene rings is 1. The Labute approximate surface area is 120 Å². The molecule has 0 fully saturated rings. The Bertz CT molecular complexity index is 600. The number of nitrogens with one attached hydrogen (secondary N) is 1. The third kappa shape index (κ3) is 2.80. The molecule has 1 amide bonds. The maximum atomic E-state index is 12.2. The first-order valence-corrected chi connectivity index (χ1v) is 7.46. The zero-order valence-electron chi connectivity index (χ0n) is 10.3. The van der Waals surface area contributed by atoms with Crippen LogP contribution in [0.5, 0.6) is 0 Å². The van der Waals surface area contributed by atoms with E-state index in [9.17, 15) is 4.79 Å². The van der Waals surface area contributed by atoms with Gasteiger partial charge in [0, 0.05) is 16.8 Å². The molecular weight excluding hydrogens is 280 g/mol. The second-order valence-electron chi connectivity index (χ2n) is 4.59. The number of halogens is 1. The fourth-order valence-electron chi connectivity index (χ4n) is 2.28. The van der Waals surface area contributed by atoms with Gasteiger partial charge in [-0.05, 0) is 49.4 Å². The van der Waals surface area contributed by atoms with Crippen LogP contribution in [0.15, 0.2) is 24.4 Å². The quantitative estimate of drug-likeness (QED) is 0.852. The van der Waals surface area contributed by atoms with Crippen LogP contribution in [0.2, 0.25) is 5.15 Å². The monoisotopic (exact) mass is 292 g/mol. The predicted molar refractivity (Wildman–Crippen MR) is 78.2 cm³/mol. The number of rotatable bonds is 2. The molecule has 2 aromatic rings. The lowest BCUT2D eigenvalue weighted by Gasteiger charge is -2.08. The van der Waals surface area contributed by atoms with Crippen LogP contribution in [0.3, 0.4) is 0 Å². The van der Waals surface area contributed by atoms with Gasteiger partial charge in [-0.3, -0.25) is 4.79 Å². The molecule has 5 heteroatoms. The summed E-state index contributed by atoms with van der Waals surface area (Å²) in [5.41, 5.74) is 2.02. The van der Waals surface area contributed by atoms with Crippen molar-refractivity contribution in [2.24, 2.45) is 0 Å². The average molecular weight is 293 g/mol. The summed E-state index contributed by atoms with van der Waals surface area (Å²) in [5.74, 6) is -0.0679. The Morgan fingerprint density at radius 2 is 2.16 bits per heavy atom. The Kier molecular flexibility index (Phi) is 3.53. The first kappa shape index (κ1) is 12.6. The zero-order chi connectivity index (χ0) is 13.2. The minimum Gasteiger partial charge on any atom is -0.321 e. The largest absolute Gasteiger partial charge is 0.321 e. The number of amides is 1. The minimum absolute atomic E-state index is 0.0679. The molecule has 3 rings (SSSR count). The van der Waals surface area contributed by atoms with Gasteiger partial charge in [0.25, 0.3) is 5.91 Å². The van der Waals surface area contributed by atoms with Crippen LogP contribution in [0.25, 0.3) is 0 Å². The van der Waals surface area contributed by atoms with E-state index in [1.165, 1.54) is 23.3 Å². The van der Waals surface area contributed by atoms with Gasteiger partial charge in [-0.1, -0.05) is 11.6 Å². The lowest BCUT2D eigenvalue weighted by Crippen LogP contribution is -2.10. The molecule has 2 aromatic heterocycles. The third-order valence-electron chi connectivity index (χ3n) is 3.20. The summed E-state index contributed by atoms with van der Waals surface area (Å²) in [4.78, 5) is 18.2. The van der Waals surface area contributed by atoms with Crippen LogP contribution >= 0.6 is 22.9 Å². The van der Waals surface area contributed by atoms with Crippen molar-refractivity contribution in [1.82, 2.24) is 4.98 Å². The van der Waals surface area contributed by atoms with Crippen molar-refractivity contribution in [3.63, 3.8) is 0 Å². The molecule has 0 saturated heterocycles. The van der Waals surface area contributed by atoms with E-state index in [4.69, 9.17) is 11.6 Å². The minimum atomic E-state index is -0.0679. The van der Waals surface area contributed by atoms with Crippen molar-refractivity contribution < 1.29 is 4.79 Å². The van der Waals surface area contributed by atoms with Gasteiger partial charge in [-0.2, -0.15) is 0 Å². The summed E-state index contributed by atoms with van der Waals surface area (Å²) >= 11 is 7.40. The van der Waals surface area contributed by atoms with E-state index in [-0.39, 0.29) is 5.91 Å². The third-order valence-corrected chi connectivity index (χ3v) is 4.65. The molecule has 0 aliphatic heterocycles. The Balaban J connectivity index is 1.78. The normalized spacial score (nSPS) is 13.9. The van der Waals surface area contributed by atoms with E-state index in [0.717, 1.165) is 17.7 Å². The van der Waals surface area contributed by atoms with E-state index in [1.54, 1.807) is 29.7 Å². The van der Waals surface area contributed by atoms with Crippen LogP contribution in [-0.2, 0) is 12.8 Å². The molecule has 19 heavy (non-hydrogen) atoms. The number of carbonyl (C=O) groups excluding carboxylic acids is 1. The van der Waals surface area contributed by atoms with Gasteiger partial charge in [0.05, 0.1) is 4.88 Å². The molecule has 2 heterocycles. The van der Waals surface area contributed by atoms with Crippen LogP contribution in [-0.4, -0.2) is 10.9 Å². The summed E-state index contributed by atoms with van der Waals surface area (Å²) in [6.45, 7) is 0. The molecular formula is C14H13ClN2OS. The van der Waals surface area contributed by atoms with Gasteiger partial charge in [0.1, 0.15) is 5.15 Å². The van der Waals surface area contributed by atoms with Crippen molar-refractivity contribution in [3.8, 4) is 0 Å². The maximum absolute atomic E-state index is 12.2. The first-order chi connectivity index (χ1) is 9.22. The Morgan fingerprint density at radius 3 is 2.95 bits per heavy atom. The van der Waals surface area contributed by atoms with E-state index >= 15 is 0 Å². The molecule has 1 aliphatic rings. The number of hydrogen-bond acceptors (Lipinski definition) is 3. The Morgan fingerprint density at radius 1 is 1.32 bits per heavy atom. The highest BCUT2D eigenvalue weighted by Gasteiger charge is 2.17. The number of pyridine rings is 1. The molecule has 0 radical (unpaired) electrons. The first-order valence-electron chi connectivity index (χ1n) is 6.27. The summed E-state index contributed by atoms with van der Waals surface area (Å²) in [6.07, 6.45) is 6.24. The van der Waals surface area contributed by atoms with Crippen molar-refractivity contribution in [2.45, 2.75) is 25.7 Å². The van der Waals surface area contributed by atoms with Crippen molar-refractivity contribution in [1.29, 1.82) is 0 Å². The van der Waals surface area contributed by atoms with Crippen molar-refractivity contribution in [3.05, 3.63) is 44.9 Å². The molecule has 1 N–H and O–H groups in total. The predicted octanol–water partition coefficient (Wildman–Crippen LogP) is 3.93. The van der Waals surface area contributed by atoms with Crippen molar-refractivity contribution in [2.75, 3.05) is 5.32 Å². The van der Waals surface area contributed by atoms with Crippen molar-refractivity contribution >= 4 is 34.5 Å². The second kappa shape index (κ2) is 5.31. The highest BCUT2D eigenvalue weighted by molar-refractivity contribution is 7.14. The summed E-state index contributed by atoms with van der Waals surface area (Å²) in [5, 5.41) is 3.23. The average Bonchev–Trinajstić information content (AvgIpc) is 2.82. The number of nitrogens with zero attached hydrogens (tertiary/aromatic N) is 1. The fraction of sp³-hybridized carbons (Fsp3) is 0.286. The number of fused-ring (bicyclic) bond motifs is 1. The lowest BCUT2D eigenvalue weighted by atomic mass is 9.99. The molecule has 1 aliphatic carbocycles. The highest BCUT2D eigenvalue weighted by Crippen LogP contribution is 2.30. The number of hydrogen-bond donors (Lipinski definition) is 1. The topological polar surface area (TPSA) is 42.0 Å². The molecule has 98 valence electrons. The lowest BCUT2D eigenvalue weighted by molar-refractivity contribution is 0.103. The number of aromatic nitrogens is 1. The van der Waals surface area contributed by atoms with E-state index in [1.807, 2.05) is 6.07 Å². The number of aryl methyl sites for hydroxylation is 2. The van der Waals surface area contributed by atoms with Crippen LogP contribution < -0.4 is 5.32 Å². The standard InChI is InChI=1S/C14H13ClN2OS/c15-13-8-10(5-6-16-13)17-14(18)12-7-9-3-1-2-4-11(9)19-12/h5-8H,1-4H2,(H,16,17,18). The fourth-order valence-corrected chi connectivity index (χ4v) is 3.60. The van der Waals surface area contributed by atoms with Gasteiger partial charge >= 0.3 is 0 Å². The van der Waals surface area contributed by atoms with E-state index in [2.05, 4.69) is 10.3 Å². The highest BCUT2D eigenvalue weighted by atomic mass is 35.5.